The molecule has 6 N–H and O–H groups in total. The zero-order valence-corrected chi connectivity index (χ0v) is 57.5. The summed E-state index contributed by atoms with van der Waals surface area (Å²) in [5.74, 6) is -1.20. The van der Waals surface area contributed by atoms with E-state index in [0.717, 1.165) is 116 Å². The van der Waals surface area contributed by atoms with Gasteiger partial charge in [-0.2, -0.15) is 0 Å². The molecule has 89 heavy (non-hydrogen) atoms. The number of nitrogens with one attached hydrogen (secondary N) is 1. The number of esters is 1. The van der Waals surface area contributed by atoms with E-state index in [0.29, 0.717) is 19.3 Å². The normalized spacial score (nSPS) is 18.6. The first kappa shape index (κ1) is 83.9. The molecular weight excluding hydrogens is 1110 g/mol. The second-order valence-electron chi connectivity index (χ2n) is 25.6. The number of ether oxygens (including phenoxy) is 3. The Morgan fingerprint density at radius 3 is 1.22 bits per heavy atom. The van der Waals surface area contributed by atoms with Crippen LogP contribution in [0, 0.1) is 0 Å². The molecule has 11 heteroatoms. The highest BCUT2D eigenvalue weighted by Crippen LogP contribution is 2.26. The molecular formula is C78H139NO10. The van der Waals surface area contributed by atoms with Crippen molar-refractivity contribution in [2.24, 2.45) is 0 Å². The molecule has 1 aliphatic rings. The summed E-state index contributed by atoms with van der Waals surface area (Å²) >= 11 is 0. The number of carbonyl (C=O) groups excluding carboxylic acids is 2. The lowest BCUT2D eigenvalue weighted by molar-refractivity contribution is -0.305. The van der Waals surface area contributed by atoms with Crippen LogP contribution in [0.2, 0.25) is 0 Å². The summed E-state index contributed by atoms with van der Waals surface area (Å²) in [6.07, 6.45) is 76.3. The molecule has 0 aromatic heterocycles. The van der Waals surface area contributed by atoms with Gasteiger partial charge in [0.25, 0.3) is 0 Å². The summed E-state index contributed by atoms with van der Waals surface area (Å²) in [4.78, 5) is 26.7. The van der Waals surface area contributed by atoms with E-state index < -0.39 is 67.4 Å². The van der Waals surface area contributed by atoms with Gasteiger partial charge in [0.1, 0.15) is 24.4 Å². The van der Waals surface area contributed by atoms with Crippen molar-refractivity contribution in [2.45, 2.75) is 384 Å². The van der Waals surface area contributed by atoms with E-state index >= 15 is 0 Å². The molecule has 0 bridgehead atoms. The van der Waals surface area contributed by atoms with Gasteiger partial charge in [-0.25, -0.2) is 0 Å². The molecule has 0 spiro atoms. The summed E-state index contributed by atoms with van der Waals surface area (Å²) < 4.78 is 17.7. The molecule has 1 amide bonds. The van der Waals surface area contributed by atoms with Crippen LogP contribution in [0.15, 0.2) is 85.1 Å². The lowest BCUT2D eigenvalue weighted by Crippen LogP contribution is -2.61. The summed E-state index contributed by atoms with van der Waals surface area (Å²) in [5, 5.41) is 57.3. The van der Waals surface area contributed by atoms with Gasteiger partial charge in [-0.3, -0.25) is 9.59 Å². The molecule has 1 fully saturated rings. The van der Waals surface area contributed by atoms with Crippen LogP contribution in [-0.4, -0.2) is 99.6 Å². The molecule has 11 nitrogen and oxygen atoms in total. The molecule has 1 aliphatic heterocycles. The summed E-state index contributed by atoms with van der Waals surface area (Å²) in [7, 11) is 0. The maximum Gasteiger partial charge on any atom is 0.306 e. The third kappa shape index (κ3) is 52.0. The van der Waals surface area contributed by atoms with Crippen molar-refractivity contribution in [1.82, 2.24) is 5.32 Å². The summed E-state index contributed by atoms with van der Waals surface area (Å²) in [6, 6.07) is -1.03. The topological polar surface area (TPSA) is 175 Å². The first-order valence-corrected chi connectivity index (χ1v) is 37.4. The van der Waals surface area contributed by atoms with E-state index in [1.165, 1.54) is 173 Å². The van der Waals surface area contributed by atoms with Crippen LogP contribution in [0.25, 0.3) is 0 Å². The summed E-state index contributed by atoms with van der Waals surface area (Å²) in [6.45, 7) is 5.70. The van der Waals surface area contributed by atoms with Crippen molar-refractivity contribution < 1.29 is 49.3 Å². The smallest absolute Gasteiger partial charge is 0.306 e. The number of hydrogen-bond donors (Lipinski definition) is 6. The second-order valence-corrected chi connectivity index (χ2v) is 25.6. The maximum absolute atomic E-state index is 13.5. The number of carbonyl (C=O) groups is 2. The molecule has 516 valence electrons. The predicted octanol–water partition coefficient (Wildman–Crippen LogP) is 19.6. The van der Waals surface area contributed by atoms with Crippen molar-refractivity contribution >= 4 is 11.9 Å². The van der Waals surface area contributed by atoms with E-state index in [2.05, 4.69) is 99.0 Å². The highest BCUT2D eigenvalue weighted by atomic mass is 16.7. The fourth-order valence-corrected chi connectivity index (χ4v) is 11.4. The highest BCUT2D eigenvalue weighted by Gasteiger charge is 2.47. The van der Waals surface area contributed by atoms with Gasteiger partial charge < -0.3 is 45.1 Å². The second kappa shape index (κ2) is 64.9. The quantitative estimate of drug-likeness (QED) is 0.0195. The summed E-state index contributed by atoms with van der Waals surface area (Å²) in [5.41, 5.74) is 0. The van der Waals surface area contributed by atoms with E-state index in [4.69, 9.17) is 14.2 Å². The molecule has 8 unspecified atom stereocenters. The number of allylic oxidation sites excluding steroid dienone is 13. The average molecular weight is 1250 g/mol. The molecule has 8 atom stereocenters. The number of aliphatic hydroxyl groups excluding tert-OH is 5. The fourth-order valence-electron chi connectivity index (χ4n) is 11.4. The zero-order valence-electron chi connectivity index (χ0n) is 57.5. The number of rotatable bonds is 64. The molecule has 1 heterocycles. The Kier molecular flexibility index (Phi) is 61.2. The van der Waals surface area contributed by atoms with Crippen molar-refractivity contribution in [1.29, 1.82) is 0 Å². The Bertz CT molecular complexity index is 1780. The average Bonchev–Trinajstić information content (AvgIpc) is 1.97. The van der Waals surface area contributed by atoms with Crippen LogP contribution in [0.5, 0.6) is 0 Å². The number of amides is 1. The minimum atomic E-state index is -1.62. The van der Waals surface area contributed by atoms with Crippen molar-refractivity contribution in [2.75, 3.05) is 13.2 Å². The van der Waals surface area contributed by atoms with Gasteiger partial charge in [0.2, 0.25) is 5.91 Å². The van der Waals surface area contributed by atoms with E-state index in [9.17, 15) is 35.1 Å². The Balaban J connectivity index is 2.52. The number of hydrogen-bond acceptors (Lipinski definition) is 10. The van der Waals surface area contributed by atoms with Gasteiger partial charge in [0.15, 0.2) is 12.4 Å². The third-order valence-corrected chi connectivity index (χ3v) is 17.3. The lowest BCUT2D eigenvalue weighted by Gasteiger charge is -2.41. The van der Waals surface area contributed by atoms with Gasteiger partial charge in [-0.1, -0.05) is 318 Å². The molecule has 1 rings (SSSR count). The minimum Gasteiger partial charge on any atom is -0.454 e. The van der Waals surface area contributed by atoms with E-state index in [1.54, 1.807) is 6.08 Å². The van der Waals surface area contributed by atoms with Crippen LogP contribution in [0.1, 0.15) is 335 Å². The molecule has 0 aromatic carbocycles. The Morgan fingerprint density at radius 2 is 0.809 bits per heavy atom. The van der Waals surface area contributed by atoms with Gasteiger partial charge in [0, 0.05) is 6.42 Å². The minimum absolute atomic E-state index is 0.108. The van der Waals surface area contributed by atoms with Gasteiger partial charge in [0.05, 0.1) is 25.4 Å². The Morgan fingerprint density at radius 1 is 0.449 bits per heavy atom. The largest absolute Gasteiger partial charge is 0.454 e. The van der Waals surface area contributed by atoms with Crippen molar-refractivity contribution in [3.05, 3.63) is 85.1 Å². The zero-order chi connectivity index (χ0) is 64.6. The highest BCUT2D eigenvalue weighted by molar-refractivity contribution is 5.80. The van der Waals surface area contributed by atoms with Gasteiger partial charge >= 0.3 is 5.97 Å². The number of aliphatic hydroxyl groups is 5. The number of unbranched alkanes of at least 4 members (excludes halogenated alkanes) is 38. The molecule has 0 saturated carbocycles. The molecule has 0 radical (unpaired) electrons. The van der Waals surface area contributed by atoms with Crippen molar-refractivity contribution in [3.8, 4) is 0 Å². The standard InChI is InChI=1S/C78H139NO10/c1-4-7-10-13-16-19-22-24-26-28-30-32-34-35-36-38-39-41-43-45-47-50-53-56-59-62-65-71(82)77(86)79-69(70(81)64-61-58-55-52-49-21-18-15-12-9-6-3)68-87-78-76(75(85)74(84)72(67-80)88-78)89-73(83)66-63-60-57-54-51-48-46-44-42-40-37-33-31-29-27-25-23-20-17-14-11-8-5-2/h8,11,17,20,24-27,31,33,40,42,61,64,69-72,74-76,78,80-82,84-85H,4-7,9-10,12-16,18-19,21-23,28-30,32,34-39,41,43-60,62-63,65-68H2,1-3H3,(H,79,86)/b11-8-,20-17-,26-24+,27-25-,33-31-,42-40-,64-61+. The van der Waals surface area contributed by atoms with Gasteiger partial charge in [-0.15, -0.1) is 0 Å². The SMILES string of the molecule is CC/C=C\C/C=C\C/C=C\C/C=C\C/C=C\CCCCCCCCCC(=O)OC1C(OCC(NC(=O)C(O)CCCCCCCCCCCCCCCCCC/C=C/CCCCCCCC)C(O)/C=C/CCCCCCCCCCC)OC(CO)C(O)C1O. The monoisotopic (exact) mass is 1250 g/mol. The van der Waals surface area contributed by atoms with Crippen LogP contribution in [0.4, 0.5) is 0 Å². The van der Waals surface area contributed by atoms with Crippen LogP contribution >= 0.6 is 0 Å². The first-order valence-electron chi connectivity index (χ1n) is 37.4. The third-order valence-electron chi connectivity index (χ3n) is 17.3. The molecule has 0 aromatic rings. The van der Waals surface area contributed by atoms with E-state index in [-0.39, 0.29) is 13.0 Å². The Labute approximate surface area is 546 Å². The first-order chi connectivity index (χ1) is 43.7. The van der Waals surface area contributed by atoms with Gasteiger partial charge in [-0.05, 0) is 96.3 Å². The Hall–Kier alpha value is -3.16. The molecule has 0 aliphatic carbocycles. The van der Waals surface area contributed by atoms with Crippen LogP contribution < -0.4 is 5.32 Å². The predicted molar refractivity (Wildman–Crippen MR) is 375 cm³/mol. The van der Waals surface area contributed by atoms with Crippen LogP contribution in [-0.2, 0) is 23.8 Å². The molecule has 1 saturated heterocycles. The lowest BCUT2D eigenvalue weighted by atomic mass is 9.99. The fraction of sp³-hybridized carbons (Fsp3) is 0.795. The van der Waals surface area contributed by atoms with Crippen molar-refractivity contribution in [3.63, 3.8) is 0 Å². The maximum atomic E-state index is 13.5. The van der Waals surface area contributed by atoms with E-state index in [1.807, 2.05) is 6.08 Å². The van der Waals surface area contributed by atoms with Crippen LogP contribution in [0.3, 0.4) is 0 Å².